The van der Waals surface area contributed by atoms with Gasteiger partial charge < -0.3 is 14.8 Å². The number of fused-ring (bicyclic) bond motifs is 1. The number of para-hydroxylation sites is 2. The number of hydrogen-bond acceptors (Lipinski definition) is 4. The maximum Gasteiger partial charge on any atom is 0.257 e. The number of aryl methyl sites for hydroxylation is 1. The van der Waals surface area contributed by atoms with Gasteiger partial charge in [0, 0.05) is 5.56 Å². The van der Waals surface area contributed by atoms with E-state index in [1.54, 1.807) is 12.1 Å². The van der Waals surface area contributed by atoms with Gasteiger partial charge in [-0.15, -0.1) is 0 Å². The molecule has 0 aromatic heterocycles. The molecule has 1 unspecified atom stereocenters. The van der Waals surface area contributed by atoms with Crippen LogP contribution in [0.5, 0.6) is 11.5 Å². The molecule has 1 amide bonds. The van der Waals surface area contributed by atoms with Gasteiger partial charge in [-0.25, -0.2) is 0 Å². The molecule has 24 heavy (non-hydrogen) atoms. The molecule has 2 aromatic carbocycles. The summed E-state index contributed by atoms with van der Waals surface area (Å²) >= 11 is 5.16. The van der Waals surface area contributed by atoms with Crippen LogP contribution in [-0.2, 0) is 0 Å². The molecule has 124 valence electrons. The Hall–Kier alpha value is -2.60. The molecule has 1 aliphatic heterocycles. The summed E-state index contributed by atoms with van der Waals surface area (Å²) in [6, 6.07) is 14.8. The van der Waals surface area contributed by atoms with Gasteiger partial charge in [0.25, 0.3) is 5.91 Å². The largest absolute Gasteiger partial charge is 0.486 e. The van der Waals surface area contributed by atoms with E-state index in [4.69, 9.17) is 21.7 Å². The third-order valence-corrected chi connectivity index (χ3v) is 3.85. The van der Waals surface area contributed by atoms with Crippen LogP contribution in [0.25, 0.3) is 0 Å². The molecule has 1 atom stereocenters. The highest BCUT2D eigenvalue weighted by Crippen LogP contribution is 2.30. The average Bonchev–Trinajstić information content (AvgIpc) is 2.60. The average molecular weight is 342 g/mol. The monoisotopic (exact) mass is 342 g/mol. The van der Waals surface area contributed by atoms with E-state index in [9.17, 15) is 4.79 Å². The van der Waals surface area contributed by atoms with Crippen molar-refractivity contribution in [1.82, 2.24) is 10.6 Å². The van der Waals surface area contributed by atoms with E-state index in [0.717, 1.165) is 11.3 Å². The summed E-state index contributed by atoms with van der Waals surface area (Å²) in [6.07, 6.45) is -0.172. The van der Waals surface area contributed by atoms with Crippen molar-refractivity contribution in [2.24, 2.45) is 0 Å². The van der Waals surface area contributed by atoms with Crippen LogP contribution in [-0.4, -0.2) is 30.3 Å². The summed E-state index contributed by atoms with van der Waals surface area (Å²) in [4.78, 5) is 12.1. The van der Waals surface area contributed by atoms with Crippen molar-refractivity contribution >= 4 is 23.2 Å². The lowest BCUT2D eigenvalue weighted by molar-refractivity contribution is 0.0928. The standard InChI is InChI=1S/C18H18N2O3S/c1-12-6-8-13(9-7-12)17(21)20-18(24)19-10-14-11-22-15-4-2-3-5-16(15)23-14/h2-9,14H,10-11H2,1H3,(H2,19,20,21,24). The first-order chi connectivity index (χ1) is 11.6. The number of hydrogen-bond donors (Lipinski definition) is 2. The van der Waals surface area contributed by atoms with Gasteiger partial charge in [0.15, 0.2) is 16.6 Å². The molecule has 0 fully saturated rings. The number of thiocarbonyl (C=S) groups is 1. The maximum atomic E-state index is 12.1. The maximum absolute atomic E-state index is 12.1. The first-order valence-electron chi connectivity index (χ1n) is 7.66. The number of nitrogens with one attached hydrogen (secondary N) is 2. The molecule has 0 spiro atoms. The van der Waals surface area contributed by atoms with Crippen molar-refractivity contribution < 1.29 is 14.3 Å². The number of carbonyl (C=O) groups is 1. The highest BCUT2D eigenvalue weighted by Gasteiger charge is 2.20. The molecule has 3 rings (SSSR count). The van der Waals surface area contributed by atoms with Crippen LogP contribution in [0.3, 0.4) is 0 Å². The molecular formula is C18H18N2O3S. The van der Waals surface area contributed by atoms with Gasteiger partial charge in [0.05, 0.1) is 6.54 Å². The minimum Gasteiger partial charge on any atom is -0.486 e. The summed E-state index contributed by atoms with van der Waals surface area (Å²) < 4.78 is 11.5. The van der Waals surface area contributed by atoms with Crippen molar-refractivity contribution in [3.05, 3.63) is 59.7 Å². The molecule has 0 saturated heterocycles. The highest BCUT2D eigenvalue weighted by molar-refractivity contribution is 7.80. The zero-order valence-electron chi connectivity index (χ0n) is 13.2. The van der Waals surface area contributed by atoms with E-state index in [1.807, 2.05) is 43.3 Å². The zero-order valence-corrected chi connectivity index (χ0v) is 14.1. The molecule has 1 heterocycles. The Kier molecular flexibility index (Phi) is 4.96. The fraction of sp³-hybridized carbons (Fsp3) is 0.222. The first-order valence-corrected chi connectivity index (χ1v) is 8.07. The van der Waals surface area contributed by atoms with Crippen LogP contribution < -0.4 is 20.1 Å². The van der Waals surface area contributed by atoms with Crippen LogP contribution in [0.15, 0.2) is 48.5 Å². The predicted molar refractivity (Wildman–Crippen MR) is 95.6 cm³/mol. The minimum atomic E-state index is -0.237. The number of ether oxygens (including phenoxy) is 2. The Morgan fingerprint density at radius 1 is 1.17 bits per heavy atom. The second kappa shape index (κ2) is 7.31. The van der Waals surface area contributed by atoms with Crippen molar-refractivity contribution in [1.29, 1.82) is 0 Å². The van der Waals surface area contributed by atoms with Crippen LogP contribution in [0, 0.1) is 6.92 Å². The Morgan fingerprint density at radius 2 is 1.88 bits per heavy atom. The molecule has 2 N–H and O–H groups in total. The van der Waals surface area contributed by atoms with Crippen LogP contribution in [0.2, 0.25) is 0 Å². The summed E-state index contributed by atoms with van der Waals surface area (Å²) in [5.74, 6) is 1.22. The summed E-state index contributed by atoms with van der Waals surface area (Å²) in [5.41, 5.74) is 1.66. The third kappa shape index (κ3) is 4.02. The predicted octanol–water partition coefficient (Wildman–Crippen LogP) is 2.44. The Labute approximate surface area is 146 Å². The Bertz CT molecular complexity index is 746. The van der Waals surface area contributed by atoms with Gasteiger partial charge >= 0.3 is 0 Å². The van der Waals surface area contributed by atoms with E-state index in [2.05, 4.69) is 10.6 Å². The quantitative estimate of drug-likeness (QED) is 0.839. The first kappa shape index (κ1) is 16.3. The molecule has 0 saturated carbocycles. The molecule has 2 aromatic rings. The minimum absolute atomic E-state index is 0.172. The van der Waals surface area contributed by atoms with Gasteiger partial charge in [0.2, 0.25) is 0 Å². The number of rotatable bonds is 3. The summed E-state index contributed by atoms with van der Waals surface area (Å²) in [7, 11) is 0. The smallest absolute Gasteiger partial charge is 0.257 e. The topological polar surface area (TPSA) is 59.6 Å². The van der Waals surface area contributed by atoms with E-state index in [0.29, 0.717) is 24.5 Å². The fourth-order valence-corrected chi connectivity index (χ4v) is 2.47. The lowest BCUT2D eigenvalue weighted by Gasteiger charge is -2.26. The number of amides is 1. The summed E-state index contributed by atoms with van der Waals surface area (Å²) in [6.45, 7) is 2.85. The highest BCUT2D eigenvalue weighted by atomic mass is 32.1. The van der Waals surface area contributed by atoms with Crippen molar-refractivity contribution in [3.8, 4) is 11.5 Å². The summed E-state index contributed by atoms with van der Waals surface area (Å²) in [5, 5.41) is 5.92. The Balaban J connectivity index is 1.48. The van der Waals surface area contributed by atoms with Crippen LogP contribution in [0.1, 0.15) is 15.9 Å². The van der Waals surface area contributed by atoms with E-state index >= 15 is 0 Å². The van der Waals surface area contributed by atoms with Crippen molar-refractivity contribution in [3.63, 3.8) is 0 Å². The Morgan fingerprint density at radius 3 is 2.62 bits per heavy atom. The van der Waals surface area contributed by atoms with Gasteiger partial charge in [-0.2, -0.15) is 0 Å². The molecule has 6 heteroatoms. The number of carbonyl (C=O) groups excluding carboxylic acids is 1. The normalized spacial score (nSPS) is 15.5. The second-order valence-corrected chi connectivity index (χ2v) is 5.94. The van der Waals surface area contributed by atoms with Gasteiger partial charge in [0.1, 0.15) is 12.7 Å². The molecule has 0 aliphatic carbocycles. The van der Waals surface area contributed by atoms with Crippen LogP contribution in [0.4, 0.5) is 0 Å². The SMILES string of the molecule is Cc1ccc(C(=O)NC(=S)NCC2COc3ccccc3O2)cc1. The lowest BCUT2D eigenvalue weighted by atomic mass is 10.1. The molecule has 5 nitrogen and oxygen atoms in total. The van der Waals surface area contributed by atoms with E-state index in [-0.39, 0.29) is 17.1 Å². The van der Waals surface area contributed by atoms with E-state index in [1.165, 1.54) is 0 Å². The van der Waals surface area contributed by atoms with Gasteiger partial charge in [-0.05, 0) is 43.4 Å². The van der Waals surface area contributed by atoms with Crippen molar-refractivity contribution in [2.45, 2.75) is 13.0 Å². The van der Waals surface area contributed by atoms with Gasteiger partial charge in [-0.3, -0.25) is 10.1 Å². The molecule has 0 radical (unpaired) electrons. The number of benzene rings is 2. The van der Waals surface area contributed by atoms with E-state index < -0.39 is 0 Å². The fourth-order valence-electron chi connectivity index (χ4n) is 2.29. The molecule has 1 aliphatic rings. The third-order valence-electron chi connectivity index (χ3n) is 3.60. The zero-order chi connectivity index (χ0) is 16.9. The molecule has 0 bridgehead atoms. The van der Waals surface area contributed by atoms with Crippen LogP contribution >= 0.6 is 12.2 Å². The van der Waals surface area contributed by atoms with Gasteiger partial charge in [-0.1, -0.05) is 29.8 Å². The second-order valence-electron chi connectivity index (χ2n) is 5.53. The lowest BCUT2D eigenvalue weighted by Crippen LogP contribution is -2.45. The molecular weight excluding hydrogens is 324 g/mol. The van der Waals surface area contributed by atoms with Crippen molar-refractivity contribution in [2.75, 3.05) is 13.2 Å².